The molecule has 1 saturated heterocycles. The number of hydrogen-bond acceptors (Lipinski definition) is 6. The van der Waals surface area contributed by atoms with Crippen LogP contribution in [-0.4, -0.2) is 49.9 Å². The molecule has 0 saturated carbocycles. The van der Waals surface area contributed by atoms with Gasteiger partial charge >= 0.3 is 0 Å². The molecule has 0 radical (unpaired) electrons. The first-order valence-corrected chi connectivity index (χ1v) is 11.0. The van der Waals surface area contributed by atoms with E-state index in [4.69, 9.17) is 0 Å². The lowest BCUT2D eigenvalue weighted by atomic mass is 10.2. The highest BCUT2D eigenvalue weighted by atomic mass is 32.2. The van der Waals surface area contributed by atoms with Gasteiger partial charge < -0.3 is 10.2 Å². The number of nitro groups is 1. The van der Waals surface area contributed by atoms with Gasteiger partial charge in [-0.15, -0.1) is 0 Å². The lowest BCUT2D eigenvalue weighted by molar-refractivity contribution is -0.384. The molecule has 0 unspecified atom stereocenters. The van der Waals surface area contributed by atoms with Gasteiger partial charge in [-0.25, -0.2) is 8.42 Å². The van der Waals surface area contributed by atoms with Crippen molar-refractivity contribution in [3.05, 3.63) is 58.1 Å². The van der Waals surface area contributed by atoms with Gasteiger partial charge in [-0.2, -0.15) is 4.31 Å². The van der Waals surface area contributed by atoms with Gasteiger partial charge in [-0.05, 0) is 45.0 Å². The van der Waals surface area contributed by atoms with E-state index in [-0.39, 0.29) is 11.7 Å². The molecule has 8 nitrogen and oxygen atoms in total. The number of hydrogen-bond donors (Lipinski definition) is 1. The zero-order chi connectivity index (χ0) is 21.2. The van der Waals surface area contributed by atoms with Crippen molar-refractivity contribution in [2.75, 3.05) is 36.4 Å². The molecule has 0 aliphatic carbocycles. The Bertz CT molecular complexity index is 982. The Balaban J connectivity index is 1.75. The maximum Gasteiger partial charge on any atom is 0.292 e. The fourth-order valence-corrected chi connectivity index (χ4v) is 4.77. The molecule has 0 spiro atoms. The molecular formula is C20H26N4O4S. The van der Waals surface area contributed by atoms with Gasteiger partial charge in [0, 0.05) is 44.0 Å². The number of aryl methyl sites for hydroxylation is 1. The number of nitrogens with one attached hydrogen (secondary N) is 1. The van der Waals surface area contributed by atoms with E-state index in [1.807, 2.05) is 20.8 Å². The Morgan fingerprint density at radius 3 is 2.21 bits per heavy atom. The summed E-state index contributed by atoms with van der Waals surface area (Å²) in [5, 5.41) is 14.4. The van der Waals surface area contributed by atoms with Crippen LogP contribution in [0.5, 0.6) is 0 Å². The lowest BCUT2D eigenvalue weighted by Crippen LogP contribution is -2.48. The highest BCUT2D eigenvalue weighted by molar-refractivity contribution is 7.89. The summed E-state index contributed by atoms with van der Waals surface area (Å²) >= 11 is 0. The molecule has 156 valence electrons. The second kappa shape index (κ2) is 8.38. The topological polar surface area (TPSA) is 95.8 Å². The zero-order valence-electron chi connectivity index (χ0n) is 16.8. The summed E-state index contributed by atoms with van der Waals surface area (Å²) in [6, 6.07) is 11.9. The molecule has 2 aromatic rings. The van der Waals surface area contributed by atoms with E-state index < -0.39 is 14.9 Å². The first-order chi connectivity index (χ1) is 13.7. The molecule has 9 heteroatoms. The first-order valence-electron chi connectivity index (χ1n) is 9.55. The van der Waals surface area contributed by atoms with Crippen molar-refractivity contribution in [2.45, 2.75) is 31.7 Å². The Morgan fingerprint density at radius 2 is 1.66 bits per heavy atom. The fraction of sp³-hybridized carbons (Fsp3) is 0.400. The maximum atomic E-state index is 12.9. The summed E-state index contributed by atoms with van der Waals surface area (Å²) < 4.78 is 27.2. The Morgan fingerprint density at radius 1 is 1.03 bits per heavy atom. The number of benzene rings is 2. The van der Waals surface area contributed by atoms with E-state index in [1.165, 1.54) is 10.4 Å². The molecule has 0 amide bonds. The molecule has 0 bridgehead atoms. The highest BCUT2D eigenvalue weighted by Crippen LogP contribution is 2.31. The fourth-order valence-electron chi connectivity index (χ4n) is 3.35. The van der Waals surface area contributed by atoms with Gasteiger partial charge in [0.25, 0.3) is 5.69 Å². The standard InChI is InChI=1S/C20H26N4O4S/c1-15(2)21-19-14-17(6-9-20(19)24(25)26)22-10-12-23(13-11-22)29(27,28)18-7-4-16(3)5-8-18/h4-9,14-15,21H,10-13H2,1-3H3. The lowest BCUT2D eigenvalue weighted by Gasteiger charge is -2.35. The number of nitro benzene ring substituents is 1. The quantitative estimate of drug-likeness (QED) is 0.572. The smallest absolute Gasteiger partial charge is 0.292 e. The maximum absolute atomic E-state index is 12.9. The van der Waals surface area contributed by atoms with Crippen LogP contribution in [0.2, 0.25) is 0 Å². The van der Waals surface area contributed by atoms with E-state index in [1.54, 1.807) is 36.4 Å². The summed E-state index contributed by atoms with van der Waals surface area (Å²) in [6.07, 6.45) is 0. The SMILES string of the molecule is Cc1ccc(S(=O)(=O)N2CCN(c3ccc([N+](=O)[O-])c(NC(C)C)c3)CC2)cc1. The van der Waals surface area contributed by atoms with E-state index in [2.05, 4.69) is 10.2 Å². The average molecular weight is 419 g/mol. The van der Waals surface area contributed by atoms with Crippen LogP contribution >= 0.6 is 0 Å². The third-order valence-electron chi connectivity index (χ3n) is 4.88. The minimum absolute atomic E-state index is 0.0306. The highest BCUT2D eigenvalue weighted by Gasteiger charge is 2.29. The average Bonchev–Trinajstić information content (AvgIpc) is 2.67. The molecular weight excluding hydrogens is 392 g/mol. The van der Waals surface area contributed by atoms with Crippen LogP contribution in [0.25, 0.3) is 0 Å². The molecule has 1 heterocycles. The van der Waals surface area contributed by atoms with Crippen LogP contribution < -0.4 is 10.2 Å². The second-order valence-corrected chi connectivity index (χ2v) is 9.40. The molecule has 1 fully saturated rings. The Labute approximate surface area is 171 Å². The number of piperazine rings is 1. The van der Waals surface area contributed by atoms with Gasteiger partial charge in [-0.3, -0.25) is 10.1 Å². The van der Waals surface area contributed by atoms with Crippen molar-refractivity contribution in [3.63, 3.8) is 0 Å². The molecule has 1 N–H and O–H groups in total. The molecule has 1 aliphatic rings. The summed E-state index contributed by atoms with van der Waals surface area (Å²) in [6.45, 7) is 7.52. The summed E-state index contributed by atoms with van der Waals surface area (Å²) in [5.41, 5.74) is 2.35. The number of nitrogens with zero attached hydrogens (tertiary/aromatic N) is 3. The predicted octanol–water partition coefficient (Wildman–Crippen LogP) is 3.23. The van der Waals surface area contributed by atoms with Crippen molar-refractivity contribution in [2.24, 2.45) is 0 Å². The predicted molar refractivity (Wildman–Crippen MR) is 114 cm³/mol. The molecule has 3 rings (SSSR count). The largest absolute Gasteiger partial charge is 0.377 e. The molecule has 29 heavy (non-hydrogen) atoms. The van der Waals surface area contributed by atoms with Gasteiger partial charge in [0.1, 0.15) is 5.69 Å². The van der Waals surface area contributed by atoms with Gasteiger partial charge in [0.05, 0.1) is 9.82 Å². The molecule has 2 aromatic carbocycles. The van der Waals surface area contributed by atoms with Gasteiger partial charge in [0.15, 0.2) is 0 Å². The number of rotatable bonds is 6. The molecule has 1 aliphatic heterocycles. The van der Waals surface area contributed by atoms with E-state index in [0.29, 0.717) is 36.8 Å². The van der Waals surface area contributed by atoms with Crippen LogP contribution in [0, 0.1) is 17.0 Å². The van der Waals surface area contributed by atoms with Crippen LogP contribution in [0.3, 0.4) is 0 Å². The second-order valence-electron chi connectivity index (χ2n) is 7.46. The number of anilines is 2. The van der Waals surface area contributed by atoms with Gasteiger partial charge in [-0.1, -0.05) is 17.7 Å². The van der Waals surface area contributed by atoms with Crippen LogP contribution in [0.1, 0.15) is 19.4 Å². The van der Waals surface area contributed by atoms with Crippen molar-refractivity contribution < 1.29 is 13.3 Å². The third kappa shape index (κ3) is 4.68. The van der Waals surface area contributed by atoms with Crippen molar-refractivity contribution in [1.82, 2.24) is 4.31 Å². The summed E-state index contributed by atoms with van der Waals surface area (Å²) in [5.74, 6) is 0. The summed E-state index contributed by atoms with van der Waals surface area (Å²) in [7, 11) is -3.52. The third-order valence-corrected chi connectivity index (χ3v) is 6.80. The minimum Gasteiger partial charge on any atom is -0.377 e. The Hall–Kier alpha value is -2.65. The van der Waals surface area contributed by atoms with E-state index >= 15 is 0 Å². The van der Waals surface area contributed by atoms with Crippen LogP contribution in [0.15, 0.2) is 47.4 Å². The zero-order valence-corrected chi connectivity index (χ0v) is 17.6. The molecule has 0 aromatic heterocycles. The first kappa shape index (κ1) is 21.1. The van der Waals surface area contributed by atoms with E-state index in [0.717, 1.165) is 11.3 Å². The van der Waals surface area contributed by atoms with Gasteiger partial charge in [0.2, 0.25) is 10.0 Å². The van der Waals surface area contributed by atoms with Crippen LogP contribution in [-0.2, 0) is 10.0 Å². The monoisotopic (exact) mass is 418 g/mol. The van der Waals surface area contributed by atoms with Crippen molar-refractivity contribution in [1.29, 1.82) is 0 Å². The minimum atomic E-state index is -3.52. The summed E-state index contributed by atoms with van der Waals surface area (Å²) in [4.78, 5) is 13.2. The van der Waals surface area contributed by atoms with Crippen molar-refractivity contribution in [3.8, 4) is 0 Å². The number of sulfonamides is 1. The van der Waals surface area contributed by atoms with Crippen molar-refractivity contribution >= 4 is 27.1 Å². The Kier molecular flexibility index (Phi) is 6.09. The molecule has 0 atom stereocenters. The normalized spacial score (nSPS) is 15.5. The van der Waals surface area contributed by atoms with E-state index in [9.17, 15) is 18.5 Å². The van der Waals surface area contributed by atoms with Crippen LogP contribution in [0.4, 0.5) is 17.1 Å².